The monoisotopic (exact) mass is 448 g/mol. The first-order chi connectivity index (χ1) is 14.0. The van der Waals surface area contributed by atoms with Crippen molar-refractivity contribution >= 4 is 5.97 Å². The number of carbonyl (C=O) groups excluding carboxylic acids is 1. The Morgan fingerprint density at radius 3 is 1.52 bits per heavy atom. The largest absolute Gasteiger partial charge is 0.496 e. The van der Waals surface area contributed by atoms with E-state index in [9.17, 15) is 31.1 Å². The first-order valence-electron chi connectivity index (χ1n) is 9.17. The predicted molar refractivity (Wildman–Crippen MR) is 102 cm³/mol. The van der Waals surface area contributed by atoms with Crippen molar-refractivity contribution in [2.24, 2.45) is 0 Å². The van der Waals surface area contributed by atoms with Crippen LogP contribution in [0.25, 0.3) is 0 Å². The highest BCUT2D eigenvalue weighted by Crippen LogP contribution is 2.45. The van der Waals surface area contributed by atoms with Crippen LogP contribution in [0.15, 0.2) is 24.3 Å². The fourth-order valence-electron chi connectivity index (χ4n) is 3.41. The Morgan fingerprint density at radius 1 is 0.774 bits per heavy atom. The van der Waals surface area contributed by atoms with Crippen LogP contribution < -0.4 is 9.47 Å². The lowest BCUT2D eigenvalue weighted by Crippen LogP contribution is -2.23. The van der Waals surface area contributed by atoms with Gasteiger partial charge in [-0.25, -0.2) is 0 Å². The van der Waals surface area contributed by atoms with Gasteiger partial charge in [0.15, 0.2) is 0 Å². The van der Waals surface area contributed by atoms with Crippen molar-refractivity contribution in [2.75, 3.05) is 7.11 Å². The van der Waals surface area contributed by atoms with Gasteiger partial charge in [-0.2, -0.15) is 26.3 Å². The average molecular weight is 448 g/mol. The van der Waals surface area contributed by atoms with E-state index in [1.54, 1.807) is 0 Å². The van der Waals surface area contributed by atoms with E-state index in [0.717, 1.165) is 26.2 Å². The summed E-state index contributed by atoms with van der Waals surface area (Å²) in [6, 6.07) is 4.52. The van der Waals surface area contributed by atoms with Crippen molar-refractivity contribution < 1.29 is 40.6 Å². The van der Waals surface area contributed by atoms with E-state index in [4.69, 9.17) is 9.47 Å². The highest BCUT2D eigenvalue weighted by molar-refractivity contribution is 5.71. The number of ether oxygens (including phenoxy) is 2. The Kier molecular flexibility index (Phi) is 6.41. The highest BCUT2D eigenvalue weighted by Gasteiger charge is 2.40. The molecule has 0 radical (unpaired) electrons. The van der Waals surface area contributed by atoms with Gasteiger partial charge in [0.25, 0.3) is 0 Å². The van der Waals surface area contributed by atoms with Crippen molar-refractivity contribution in [1.29, 1.82) is 0 Å². The van der Waals surface area contributed by atoms with Gasteiger partial charge in [0.05, 0.1) is 18.2 Å². The summed E-state index contributed by atoms with van der Waals surface area (Å²) in [5.41, 5.74) is -2.92. The maximum Gasteiger partial charge on any atom is 0.420 e. The Morgan fingerprint density at radius 2 is 1.16 bits per heavy atom. The van der Waals surface area contributed by atoms with Gasteiger partial charge in [-0.05, 0) is 48.2 Å². The van der Waals surface area contributed by atoms with Crippen LogP contribution in [-0.2, 0) is 22.6 Å². The molecule has 0 aliphatic carbocycles. The first kappa shape index (κ1) is 24.6. The quantitative estimate of drug-likeness (QED) is 0.300. The van der Waals surface area contributed by atoms with E-state index < -0.39 is 40.6 Å². The van der Waals surface area contributed by atoms with Crippen LogP contribution in [0.1, 0.15) is 54.2 Å². The van der Waals surface area contributed by atoms with Gasteiger partial charge >= 0.3 is 18.3 Å². The van der Waals surface area contributed by atoms with Crippen LogP contribution in [0.4, 0.5) is 26.3 Å². The molecular weight excluding hydrogens is 426 g/mol. The zero-order chi connectivity index (χ0) is 23.9. The number of methoxy groups -OCH3 is 1. The molecule has 2 aromatic carbocycles. The molecule has 2 aromatic rings. The molecule has 31 heavy (non-hydrogen) atoms. The van der Waals surface area contributed by atoms with Gasteiger partial charge in [-0.15, -0.1) is 0 Å². The minimum Gasteiger partial charge on any atom is -0.496 e. The zero-order valence-corrected chi connectivity index (χ0v) is 17.8. The fraction of sp³-hybridized carbons (Fsp3) is 0.409. The molecule has 0 saturated heterocycles. The summed E-state index contributed by atoms with van der Waals surface area (Å²) in [6.45, 7) is 6.80. The molecule has 0 spiro atoms. The molecule has 0 aliphatic heterocycles. The topological polar surface area (TPSA) is 35.5 Å². The van der Waals surface area contributed by atoms with E-state index in [-0.39, 0.29) is 28.0 Å². The maximum absolute atomic E-state index is 13.7. The van der Waals surface area contributed by atoms with Crippen molar-refractivity contribution in [3.05, 3.63) is 57.6 Å². The molecule has 3 nitrogen and oxygen atoms in total. The Balaban J connectivity index is 2.77. The third-order valence-electron chi connectivity index (χ3n) is 5.05. The second-order valence-corrected chi connectivity index (χ2v) is 7.76. The van der Waals surface area contributed by atoms with Crippen molar-refractivity contribution in [1.82, 2.24) is 0 Å². The SMILES string of the molecule is COc1c(C)cc(C(C)(C)c2cc(C)c(OC(C)=O)c(C(F)(F)F)c2)cc1C(F)(F)F. The molecule has 0 fully saturated rings. The molecule has 0 saturated carbocycles. The lowest BCUT2D eigenvalue weighted by atomic mass is 9.76. The second kappa shape index (κ2) is 8.09. The van der Waals surface area contributed by atoms with Gasteiger partial charge in [-0.3, -0.25) is 4.79 Å². The fourth-order valence-corrected chi connectivity index (χ4v) is 3.41. The summed E-state index contributed by atoms with van der Waals surface area (Å²) in [4.78, 5) is 11.3. The zero-order valence-electron chi connectivity index (χ0n) is 17.8. The summed E-state index contributed by atoms with van der Waals surface area (Å²) in [7, 11) is 1.12. The van der Waals surface area contributed by atoms with E-state index >= 15 is 0 Å². The number of alkyl halides is 6. The molecule has 2 rings (SSSR count). The maximum atomic E-state index is 13.7. The van der Waals surface area contributed by atoms with Gasteiger partial charge in [0, 0.05) is 12.3 Å². The van der Waals surface area contributed by atoms with E-state index in [0.29, 0.717) is 0 Å². The van der Waals surface area contributed by atoms with E-state index in [2.05, 4.69) is 0 Å². The van der Waals surface area contributed by atoms with Crippen LogP contribution in [-0.4, -0.2) is 13.1 Å². The number of aryl methyl sites for hydroxylation is 2. The highest BCUT2D eigenvalue weighted by atomic mass is 19.4. The molecular formula is C22H22F6O3. The molecule has 0 heterocycles. The van der Waals surface area contributed by atoms with Gasteiger partial charge in [0.2, 0.25) is 0 Å². The van der Waals surface area contributed by atoms with E-state index in [1.165, 1.54) is 39.8 Å². The summed E-state index contributed by atoms with van der Waals surface area (Å²) in [6.07, 6.45) is -9.55. The van der Waals surface area contributed by atoms with Crippen LogP contribution in [0.2, 0.25) is 0 Å². The molecule has 0 amide bonds. The lowest BCUT2D eigenvalue weighted by molar-refractivity contribution is -0.142. The number of carbonyl (C=O) groups is 1. The Hall–Kier alpha value is -2.71. The lowest BCUT2D eigenvalue weighted by Gasteiger charge is -2.30. The number of esters is 1. The van der Waals surface area contributed by atoms with Gasteiger partial charge in [0.1, 0.15) is 11.5 Å². The predicted octanol–water partition coefficient (Wildman–Crippen LogP) is 6.60. The molecule has 0 bridgehead atoms. The standard InChI is InChI=1S/C22H22F6O3/c1-11-7-14(9-16(18(11)30-6)21(23,24)25)20(4,5)15-8-12(2)19(31-13(3)29)17(10-15)22(26,27)28/h7-10H,1-6H3. The van der Waals surface area contributed by atoms with E-state index in [1.807, 2.05) is 0 Å². The number of benzene rings is 2. The minimum absolute atomic E-state index is 0.0365. The molecule has 0 unspecified atom stereocenters. The smallest absolute Gasteiger partial charge is 0.420 e. The number of hydrogen-bond acceptors (Lipinski definition) is 3. The third-order valence-corrected chi connectivity index (χ3v) is 5.05. The minimum atomic E-state index is -4.84. The van der Waals surface area contributed by atoms with Crippen LogP contribution in [0.5, 0.6) is 11.5 Å². The van der Waals surface area contributed by atoms with Gasteiger partial charge < -0.3 is 9.47 Å². The number of hydrogen-bond donors (Lipinski definition) is 0. The molecule has 0 N–H and O–H groups in total. The van der Waals surface area contributed by atoms with Crippen LogP contribution >= 0.6 is 0 Å². The summed E-state index contributed by atoms with van der Waals surface area (Å²) in [5, 5.41) is 0. The number of rotatable bonds is 4. The average Bonchev–Trinajstić information content (AvgIpc) is 2.60. The molecule has 0 aliphatic rings. The summed E-state index contributed by atoms with van der Waals surface area (Å²) >= 11 is 0. The van der Waals surface area contributed by atoms with Crippen molar-refractivity contribution in [2.45, 2.75) is 52.4 Å². The Bertz CT molecular complexity index is 1000. The normalized spacial score (nSPS) is 12.6. The van der Waals surface area contributed by atoms with Crippen LogP contribution in [0, 0.1) is 13.8 Å². The Labute approximate surface area is 176 Å². The summed E-state index contributed by atoms with van der Waals surface area (Å²) in [5.74, 6) is -1.88. The first-order valence-corrected chi connectivity index (χ1v) is 9.17. The van der Waals surface area contributed by atoms with Crippen LogP contribution in [0.3, 0.4) is 0 Å². The molecule has 0 atom stereocenters. The van der Waals surface area contributed by atoms with Crippen molar-refractivity contribution in [3.8, 4) is 11.5 Å². The van der Waals surface area contributed by atoms with Gasteiger partial charge in [-0.1, -0.05) is 26.0 Å². The molecule has 9 heteroatoms. The summed E-state index contributed by atoms with van der Waals surface area (Å²) < 4.78 is 91.4. The third kappa shape index (κ3) is 4.97. The second-order valence-electron chi connectivity index (χ2n) is 7.76. The number of halogens is 6. The molecule has 170 valence electrons. The molecule has 0 aromatic heterocycles. The van der Waals surface area contributed by atoms with Crippen molar-refractivity contribution in [3.63, 3.8) is 0 Å².